The molecular formula is C22H25N5O2. The van der Waals surface area contributed by atoms with E-state index in [-0.39, 0.29) is 5.91 Å². The lowest BCUT2D eigenvalue weighted by Gasteiger charge is -2.32. The number of piperidine rings is 1. The third kappa shape index (κ3) is 4.74. The zero-order valence-corrected chi connectivity index (χ0v) is 16.7. The number of carbonyl (C=O) groups is 1. The van der Waals surface area contributed by atoms with Crippen molar-refractivity contribution in [3.8, 4) is 0 Å². The van der Waals surface area contributed by atoms with Crippen molar-refractivity contribution in [1.29, 1.82) is 0 Å². The molecule has 1 saturated heterocycles. The number of hydrogen-bond donors (Lipinski definition) is 2. The van der Waals surface area contributed by atoms with Crippen LogP contribution in [0, 0.1) is 12.8 Å². The standard InChI is InChI=1S/C22H25N5O2/c1-15-7-9-27(10-8-15)20-5-3-18(4-6-20)25-22(28)17-12-19(14-23-13-17)24-21-11-16(2)29-26-21/h3-6,11-15H,7-10H2,1-2H3,(H,24,26)(H,25,28). The summed E-state index contributed by atoms with van der Waals surface area (Å²) in [5.74, 6) is 1.87. The van der Waals surface area contributed by atoms with Crippen molar-refractivity contribution >= 4 is 28.8 Å². The van der Waals surface area contributed by atoms with Crippen molar-refractivity contribution in [2.45, 2.75) is 26.7 Å². The molecule has 2 aromatic heterocycles. The van der Waals surface area contributed by atoms with E-state index in [9.17, 15) is 4.79 Å². The first kappa shape index (κ1) is 19.0. The minimum atomic E-state index is -0.211. The number of aryl methyl sites for hydroxylation is 1. The quantitative estimate of drug-likeness (QED) is 0.661. The van der Waals surface area contributed by atoms with Crippen LogP contribution >= 0.6 is 0 Å². The van der Waals surface area contributed by atoms with E-state index in [0.717, 1.165) is 24.7 Å². The van der Waals surface area contributed by atoms with Crippen molar-refractivity contribution in [2.24, 2.45) is 5.92 Å². The van der Waals surface area contributed by atoms with Gasteiger partial charge in [0.1, 0.15) is 5.76 Å². The summed E-state index contributed by atoms with van der Waals surface area (Å²) in [6.07, 6.45) is 5.63. The molecule has 0 radical (unpaired) electrons. The highest BCUT2D eigenvalue weighted by molar-refractivity contribution is 6.04. The van der Waals surface area contributed by atoms with Crippen molar-refractivity contribution in [2.75, 3.05) is 28.6 Å². The van der Waals surface area contributed by atoms with Gasteiger partial charge in [0.25, 0.3) is 5.91 Å². The van der Waals surface area contributed by atoms with Gasteiger partial charge in [0.15, 0.2) is 5.82 Å². The molecule has 150 valence electrons. The van der Waals surface area contributed by atoms with Crippen LogP contribution in [0.3, 0.4) is 0 Å². The number of hydrogen-bond acceptors (Lipinski definition) is 6. The third-order valence-corrected chi connectivity index (χ3v) is 5.17. The molecule has 1 aromatic carbocycles. The number of pyridine rings is 1. The molecule has 29 heavy (non-hydrogen) atoms. The number of carbonyl (C=O) groups excluding carboxylic acids is 1. The maximum Gasteiger partial charge on any atom is 0.257 e. The summed E-state index contributed by atoms with van der Waals surface area (Å²) in [6.45, 7) is 6.30. The molecule has 1 aliphatic rings. The summed E-state index contributed by atoms with van der Waals surface area (Å²) < 4.78 is 5.04. The zero-order valence-electron chi connectivity index (χ0n) is 16.7. The van der Waals surface area contributed by atoms with Crippen LogP contribution in [0.1, 0.15) is 35.9 Å². The SMILES string of the molecule is Cc1cc(Nc2cncc(C(=O)Nc3ccc(N4CCC(C)CC4)cc3)c2)no1. The summed E-state index contributed by atoms with van der Waals surface area (Å²) >= 11 is 0. The van der Waals surface area contributed by atoms with Gasteiger partial charge < -0.3 is 20.1 Å². The van der Waals surface area contributed by atoms with Crippen LogP contribution in [0.5, 0.6) is 0 Å². The van der Waals surface area contributed by atoms with E-state index in [1.807, 2.05) is 19.1 Å². The van der Waals surface area contributed by atoms with E-state index in [4.69, 9.17) is 4.52 Å². The lowest BCUT2D eigenvalue weighted by atomic mass is 9.99. The van der Waals surface area contributed by atoms with Gasteiger partial charge in [-0.05, 0) is 56.0 Å². The summed E-state index contributed by atoms with van der Waals surface area (Å²) in [5.41, 5.74) is 3.09. The van der Waals surface area contributed by atoms with E-state index in [0.29, 0.717) is 22.8 Å². The van der Waals surface area contributed by atoms with E-state index in [1.165, 1.54) is 24.7 Å². The van der Waals surface area contributed by atoms with Gasteiger partial charge in [-0.25, -0.2) is 0 Å². The van der Waals surface area contributed by atoms with Gasteiger partial charge in [0.05, 0.1) is 17.4 Å². The predicted octanol–water partition coefficient (Wildman–Crippen LogP) is 4.61. The topological polar surface area (TPSA) is 83.3 Å². The molecule has 7 heteroatoms. The third-order valence-electron chi connectivity index (χ3n) is 5.17. The number of nitrogens with one attached hydrogen (secondary N) is 2. The Morgan fingerprint density at radius 1 is 1.10 bits per heavy atom. The fourth-order valence-electron chi connectivity index (χ4n) is 3.43. The van der Waals surface area contributed by atoms with Crippen LogP contribution in [0.2, 0.25) is 0 Å². The van der Waals surface area contributed by atoms with E-state index >= 15 is 0 Å². The Balaban J connectivity index is 1.39. The van der Waals surface area contributed by atoms with Crippen LogP contribution in [0.4, 0.5) is 22.9 Å². The molecule has 3 heterocycles. The average molecular weight is 391 g/mol. The number of anilines is 4. The second kappa shape index (κ2) is 8.34. The zero-order chi connectivity index (χ0) is 20.2. The fraction of sp³-hybridized carbons (Fsp3) is 0.318. The highest BCUT2D eigenvalue weighted by Gasteiger charge is 2.16. The molecule has 1 aliphatic heterocycles. The smallest absolute Gasteiger partial charge is 0.257 e. The number of rotatable bonds is 5. The molecule has 0 bridgehead atoms. The first-order valence-electron chi connectivity index (χ1n) is 9.88. The lowest BCUT2D eigenvalue weighted by molar-refractivity contribution is 0.102. The van der Waals surface area contributed by atoms with Gasteiger partial charge in [-0.2, -0.15) is 0 Å². The molecule has 0 aliphatic carbocycles. The second-order valence-electron chi connectivity index (χ2n) is 7.58. The molecular weight excluding hydrogens is 366 g/mol. The van der Waals surface area contributed by atoms with E-state index in [1.54, 1.807) is 18.3 Å². The monoisotopic (exact) mass is 391 g/mol. The van der Waals surface area contributed by atoms with Crippen LogP contribution in [0.15, 0.2) is 53.3 Å². The maximum atomic E-state index is 12.6. The minimum Gasteiger partial charge on any atom is -0.372 e. The van der Waals surface area contributed by atoms with Crippen molar-refractivity contribution < 1.29 is 9.32 Å². The van der Waals surface area contributed by atoms with Gasteiger partial charge in [-0.1, -0.05) is 12.1 Å². The van der Waals surface area contributed by atoms with Gasteiger partial charge in [0.2, 0.25) is 0 Å². The summed E-state index contributed by atoms with van der Waals surface area (Å²) in [6, 6.07) is 11.5. The van der Waals surface area contributed by atoms with Crippen LogP contribution < -0.4 is 15.5 Å². The Morgan fingerprint density at radius 3 is 2.55 bits per heavy atom. The Bertz CT molecular complexity index is 975. The molecule has 0 spiro atoms. The van der Waals surface area contributed by atoms with Crippen molar-refractivity contribution in [3.05, 3.63) is 60.1 Å². The summed E-state index contributed by atoms with van der Waals surface area (Å²) in [7, 11) is 0. The lowest BCUT2D eigenvalue weighted by Crippen LogP contribution is -2.32. The van der Waals surface area contributed by atoms with Crippen molar-refractivity contribution in [3.63, 3.8) is 0 Å². The van der Waals surface area contributed by atoms with Crippen molar-refractivity contribution in [1.82, 2.24) is 10.1 Å². The number of amides is 1. The molecule has 2 N–H and O–H groups in total. The van der Waals surface area contributed by atoms with Gasteiger partial charge in [-0.15, -0.1) is 0 Å². The largest absolute Gasteiger partial charge is 0.372 e. The summed E-state index contributed by atoms with van der Waals surface area (Å²) in [5, 5.41) is 9.89. The predicted molar refractivity (Wildman–Crippen MR) is 114 cm³/mol. The Labute approximate surface area is 170 Å². The Hall–Kier alpha value is -3.35. The minimum absolute atomic E-state index is 0.211. The fourth-order valence-corrected chi connectivity index (χ4v) is 3.43. The van der Waals surface area contributed by atoms with E-state index < -0.39 is 0 Å². The molecule has 4 rings (SSSR count). The summed E-state index contributed by atoms with van der Waals surface area (Å²) in [4.78, 5) is 19.2. The molecule has 0 atom stereocenters. The first-order chi connectivity index (χ1) is 14.1. The molecule has 1 fully saturated rings. The first-order valence-corrected chi connectivity index (χ1v) is 9.88. The van der Waals surface area contributed by atoms with Crippen LogP contribution in [0.25, 0.3) is 0 Å². The molecule has 0 saturated carbocycles. The number of nitrogens with zero attached hydrogens (tertiary/aromatic N) is 3. The Kier molecular flexibility index (Phi) is 5.46. The van der Waals surface area contributed by atoms with Crippen LogP contribution in [-0.2, 0) is 0 Å². The highest BCUT2D eigenvalue weighted by Crippen LogP contribution is 2.24. The second-order valence-corrected chi connectivity index (χ2v) is 7.58. The number of benzene rings is 1. The molecule has 3 aromatic rings. The maximum absolute atomic E-state index is 12.6. The van der Waals surface area contributed by atoms with E-state index in [2.05, 4.69) is 44.7 Å². The highest BCUT2D eigenvalue weighted by atomic mass is 16.5. The van der Waals surface area contributed by atoms with Gasteiger partial charge >= 0.3 is 0 Å². The average Bonchev–Trinajstić information content (AvgIpc) is 3.14. The van der Waals surface area contributed by atoms with Gasteiger partial charge in [-0.3, -0.25) is 9.78 Å². The normalized spacial score (nSPS) is 14.6. The Morgan fingerprint density at radius 2 is 1.86 bits per heavy atom. The van der Waals surface area contributed by atoms with Crippen LogP contribution in [-0.4, -0.2) is 29.1 Å². The molecule has 7 nitrogen and oxygen atoms in total. The van der Waals surface area contributed by atoms with Gasteiger partial charge in [0, 0.05) is 36.7 Å². The number of aromatic nitrogens is 2. The molecule has 1 amide bonds. The molecule has 0 unspecified atom stereocenters.